The van der Waals surface area contributed by atoms with Gasteiger partial charge in [-0.2, -0.15) is 0 Å². The molecule has 1 aliphatic carbocycles. The van der Waals surface area contributed by atoms with Crippen molar-refractivity contribution >= 4 is 11.8 Å². The summed E-state index contributed by atoms with van der Waals surface area (Å²) in [6.07, 6.45) is 2.59. The number of aromatic nitrogens is 3. The van der Waals surface area contributed by atoms with E-state index in [2.05, 4.69) is 28.6 Å². The van der Waals surface area contributed by atoms with Gasteiger partial charge >= 0.3 is 0 Å². The van der Waals surface area contributed by atoms with Crippen LogP contribution in [0.5, 0.6) is 0 Å². The first kappa shape index (κ1) is 9.06. The third-order valence-corrected chi connectivity index (χ3v) is 3.05. The summed E-state index contributed by atoms with van der Waals surface area (Å²) in [6.45, 7) is 6.41. The summed E-state index contributed by atoms with van der Waals surface area (Å²) >= 11 is 1.80. The lowest BCUT2D eigenvalue weighted by molar-refractivity contribution is 0.643. The fourth-order valence-electron chi connectivity index (χ4n) is 1.39. The summed E-state index contributed by atoms with van der Waals surface area (Å²) in [5, 5.41) is 9.99. The molecule has 2 rings (SSSR count). The Morgan fingerprint density at radius 3 is 2.62 bits per heavy atom. The molecule has 0 unspecified atom stereocenters. The van der Waals surface area contributed by atoms with Crippen LogP contribution in [0.1, 0.15) is 38.6 Å². The molecular formula is C9H15N3S. The molecule has 1 heterocycles. The van der Waals surface area contributed by atoms with Crippen molar-refractivity contribution in [2.24, 2.45) is 0 Å². The number of aryl methyl sites for hydroxylation is 1. The van der Waals surface area contributed by atoms with E-state index < -0.39 is 0 Å². The Morgan fingerprint density at radius 2 is 2.08 bits per heavy atom. The predicted molar refractivity (Wildman–Crippen MR) is 54.0 cm³/mol. The lowest BCUT2D eigenvalue weighted by atomic mass is 10.6. The van der Waals surface area contributed by atoms with E-state index >= 15 is 0 Å². The average Bonchev–Trinajstić information content (AvgIpc) is 2.79. The van der Waals surface area contributed by atoms with Crippen LogP contribution in [0.4, 0.5) is 0 Å². The molecule has 72 valence electrons. The van der Waals surface area contributed by atoms with Crippen molar-refractivity contribution in [3.8, 4) is 0 Å². The molecule has 0 aromatic carbocycles. The SMILES string of the molecule is Cc1nnc(SC(C)C)n1C1CC1. The van der Waals surface area contributed by atoms with Crippen LogP contribution in [0.2, 0.25) is 0 Å². The standard InChI is InChI=1S/C9H15N3S/c1-6(2)13-9-11-10-7(3)12(9)8-4-5-8/h6,8H,4-5H2,1-3H3. The van der Waals surface area contributed by atoms with Gasteiger partial charge in [-0.15, -0.1) is 10.2 Å². The quantitative estimate of drug-likeness (QED) is 0.697. The number of rotatable bonds is 3. The van der Waals surface area contributed by atoms with Crippen molar-refractivity contribution in [3.63, 3.8) is 0 Å². The summed E-state index contributed by atoms with van der Waals surface area (Å²) in [7, 11) is 0. The highest BCUT2D eigenvalue weighted by molar-refractivity contribution is 7.99. The van der Waals surface area contributed by atoms with Gasteiger partial charge in [0.1, 0.15) is 5.82 Å². The van der Waals surface area contributed by atoms with Gasteiger partial charge in [0, 0.05) is 11.3 Å². The summed E-state index contributed by atoms with van der Waals surface area (Å²) in [5.41, 5.74) is 0. The van der Waals surface area contributed by atoms with Gasteiger partial charge in [-0.05, 0) is 19.8 Å². The Labute approximate surface area is 82.9 Å². The molecule has 1 aromatic heterocycles. The normalized spacial score (nSPS) is 16.9. The minimum absolute atomic E-state index is 0.584. The molecule has 0 atom stereocenters. The van der Waals surface area contributed by atoms with Crippen molar-refractivity contribution in [2.75, 3.05) is 0 Å². The maximum absolute atomic E-state index is 4.19. The molecular weight excluding hydrogens is 182 g/mol. The summed E-state index contributed by atoms with van der Waals surface area (Å²) in [5.74, 6) is 1.06. The maximum Gasteiger partial charge on any atom is 0.191 e. The van der Waals surface area contributed by atoms with Gasteiger partial charge in [0.05, 0.1) is 0 Å². The third kappa shape index (κ3) is 1.88. The Bertz CT molecular complexity index is 302. The zero-order valence-corrected chi connectivity index (χ0v) is 9.14. The van der Waals surface area contributed by atoms with Crippen LogP contribution < -0.4 is 0 Å². The molecule has 0 amide bonds. The molecule has 1 saturated carbocycles. The van der Waals surface area contributed by atoms with Crippen LogP contribution in [-0.4, -0.2) is 20.0 Å². The Balaban J connectivity index is 2.23. The number of hydrogen-bond acceptors (Lipinski definition) is 3. The van der Waals surface area contributed by atoms with Gasteiger partial charge in [-0.3, -0.25) is 0 Å². The summed E-state index contributed by atoms with van der Waals surface area (Å²) in [4.78, 5) is 0. The highest BCUT2D eigenvalue weighted by Crippen LogP contribution is 2.39. The van der Waals surface area contributed by atoms with E-state index in [1.54, 1.807) is 11.8 Å². The highest BCUT2D eigenvalue weighted by atomic mass is 32.2. The molecule has 1 aliphatic rings. The lowest BCUT2D eigenvalue weighted by Gasteiger charge is -2.07. The Morgan fingerprint density at radius 1 is 1.38 bits per heavy atom. The van der Waals surface area contributed by atoms with E-state index in [9.17, 15) is 0 Å². The van der Waals surface area contributed by atoms with Crippen LogP contribution in [0.3, 0.4) is 0 Å². The molecule has 13 heavy (non-hydrogen) atoms. The van der Waals surface area contributed by atoms with Gasteiger partial charge in [-0.1, -0.05) is 25.6 Å². The minimum atomic E-state index is 0.584. The van der Waals surface area contributed by atoms with E-state index in [1.807, 2.05) is 6.92 Å². The van der Waals surface area contributed by atoms with Crippen molar-refractivity contribution in [1.82, 2.24) is 14.8 Å². The second-order valence-electron chi connectivity index (χ2n) is 3.80. The van der Waals surface area contributed by atoms with Crippen LogP contribution in [-0.2, 0) is 0 Å². The second-order valence-corrected chi connectivity index (χ2v) is 5.34. The topological polar surface area (TPSA) is 30.7 Å². The monoisotopic (exact) mass is 197 g/mol. The zero-order chi connectivity index (χ0) is 9.42. The third-order valence-electron chi connectivity index (χ3n) is 2.09. The van der Waals surface area contributed by atoms with Crippen molar-refractivity contribution < 1.29 is 0 Å². The molecule has 0 spiro atoms. The van der Waals surface area contributed by atoms with Crippen LogP contribution in [0.15, 0.2) is 5.16 Å². The van der Waals surface area contributed by atoms with Crippen LogP contribution >= 0.6 is 11.8 Å². The molecule has 1 aromatic rings. The maximum atomic E-state index is 4.19. The smallest absolute Gasteiger partial charge is 0.191 e. The zero-order valence-electron chi connectivity index (χ0n) is 8.32. The van der Waals surface area contributed by atoms with E-state index in [0.717, 1.165) is 11.0 Å². The minimum Gasteiger partial charge on any atom is -0.303 e. The molecule has 4 heteroatoms. The second kappa shape index (κ2) is 3.33. The fraction of sp³-hybridized carbons (Fsp3) is 0.778. The fourth-order valence-corrected chi connectivity index (χ4v) is 2.30. The van der Waals surface area contributed by atoms with Gasteiger partial charge in [0.15, 0.2) is 5.16 Å². The molecule has 0 aliphatic heterocycles. The number of nitrogens with zero attached hydrogens (tertiary/aromatic N) is 3. The van der Waals surface area contributed by atoms with Crippen molar-refractivity contribution in [1.29, 1.82) is 0 Å². The average molecular weight is 197 g/mol. The Hall–Kier alpha value is -0.510. The molecule has 0 N–H and O–H groups in total. The Kier molecular flexibility index (Phi) is 2.32. The van der Waals surface area contributed by atoms with E-state index in [1.165, 1.54) is 12.8 Å². The van der Waals surface area contributed by atoms with Gasteiger partial charge in [0.2, 0.25) is 0 Å². The van der Waals surface area contributed by atoms with Gasteiger partial charge < -0.3 is 4.57 Å². The van der Waals surface area contributed by atoms with Crippen molar-refractivity contribution in [2.45, 2.75) is 50.1 Å². The first-order chi connectivity index (χ1) is 6.18. The predicted octanol–water partition coefficient (Wildman–Crippen LogP) is 2.42. The molecule has 3 nitrogen and oxygen atoms in total. The van der Waals surface area contributed by atoms with E-state index in [4.69, 9.17) is 0 Å². The first-order valence-electron chi connectivity index (χ1n) is 4.76. The van der Waals surface area contributed by atoms with E-state index in [-0.39, 0.29) is 0 Å². The number of thioether (sulfide) groups is 1. The van der Waals surface area contributed by atoms with E-state index in [0.29, 0.717) is 11.3 Å². The molecule has 0 radical (unpaired) electrons. The van der Waals surface area contributed by atoms with Crippen LogP contribution in [0, 0.1) is 6.92 Å². The van der Waals surface area contributed by atoms with Crippen molar-refractivity contribution in [3.05, 3.63) is 5.82 Å². The van der Waals surface area contributed by atoms with Crippen LogP contribution in [0.25, 0.3) is 0 Å². The summed E-state index contributed by atoms with van der Waals surface area (Å²) in [6, 6.07) is 0.691. The largest absolute Gasteiger partial charge is 0.303 e. The lowest BCUT2D eigenvalue weighted by Crippen LogP contribution is -2.00. The molecule has 0 bridgehead atoms. The molecule has 0 saturated heterocycles. The highest BCUT2D eigenvalue weighted by Gasteiger charge is 2.28. The number of hydrogen-bond donors (Lipinski definition) is 0. The molecule has 1 fully saturated rings. The summed E-state index contributed by atoms with van der Waals surface area (Å²) < 4.78 is 2.28. The van der Waals surface area contributed by atoms with Gasteiger partial charge in [0.25, 0.3) is 0 Å². The van der Waals surface area contributed by atoms with Gasteiger partial charge in [-0.25, -0.2) is 0 Å². The first-order valence-corrected chi connectivity index (χ1v) is 5.64.